The topological polar surface area (TPSA) is 168 Å². The predicted molar refractivity (Wildman–Crippen MR) is 141 cm³/mol. The van der Waals surface area contributed by atoms with E-state index < -0.39 is 61.1 Å². The molecule has 0 spiro atoms. The summed E-state index contributed by atoms with van der Waals surface area (Å²) in [5.74, 6) is -2.14. The fraction of sp³-hybridized carbons (Fsp3) is 0.321. The van der Waals surface area contributed by atoms with Gasteiger partial charge >= 0.3 is 30.4 Å². The van der Waals surface area contributed by atoms with Crippen LogP contribution in [0.15, 0.2) is 81.0 Å². The van der Waals surface area contributed by atoms with E-state index in [1.807, 2.05) is 0 Å². The van der Waals surface area contributed by atoms with Crippen LogP contribution < -0.4 is 0 Å². The Balaban J connectivity index is 2.58. The summed E-state index contributed by atoms with van der Waals surface area (Å²) in [4.78, 5) is 63.4. The molecule has 14 heteroatoms. The second-order valence-corrected chi connectivity index (χ2v) is 7.91. The van der Waals surface area contributed by atoms with Crippen LogP contribution in [0.1, 0.15) is 10.4 Å². The Hall–Kier alpha value is -5.11. The maximum absolute atomic E-state index is 13.0. The predicted octanol–water partition coefficient (Wildman–Crippen LogP) is 3.42. The van der Waals surface area contributed by atoms with Crippen molar-refractivity contribution in [3.63, 3.8) is 0 Å². The van der Waals surface area contributed by atoms with E-state index in [1.165, 1.54) is 36.4 Å². The van der Waals surface area contributed by atoms with Gasteiger partial charge < -0.3 is 42.6 Å². The first-order valence-corrected chi connectivity index (χ1v) is 12.3. The van der Waals surface area contributed by atoms with E-state index in [1.54, 1.807) is 18.2 Å². The van der Waals surface area contributed by atoms with E-state index in [9.17, 15) is 24.0 Å². The van der Waals surface area contributed by atoms with Crippen LogP contribution in [0.4, 0.5) is 14.4 Å². The molecule has 1 aromatic carbocycles. The molecular formula is C28H30O14. The highest BCUT2D eigenvalue weighted by molar-refractivity contribution is 5.89. The Morgan fingerprint density at radius 2 is 1.07 bits per heavy atom. The lowest BCUT2D eigenvalue weighted by molar-refractivity contribution is -0.283. The summed E-state index contributed by atoms with van der Waals surface area (Å²) in [7, 11) is 0. The van der Waals surface area contributed by atoms with Gasteiger partial charge in [-0.05, 0) is 12.1 Å². The van der Waals surface area contributed by atoms with Crippen molar-refractivity contribution in [3.05, 3.63) is 86.5 Å². The molecular weight excluding hydrogens is 560 g/mol. The summed E-state index contributed by atoms with van der Waals surface area (Å²) < 4.78 is 46.5. The third kappa shape index (κ3) is 10.1. The van der Waals surface area contributed by atoms with Gasteiger partial charge in [-0.1, -0.05) is 68.8 Å². The number of ether oxygens (including phenoxy) is 9. The van der Waals surface area contributed by atoms with Gasteiger partial charge in [0.15, 0.2) is 18.3 Å². The van der Waals surface area contributed by atoms with Gasteiger partial charge in [0, 0.05) is 0 Å². The van der Waals surface area contributed by atoms with E-state index >= 15 is 0 Å². The summed E-state index contributed by atoms with van der Waals surface area (Å²) in [5, 5.41) is 0. The lowest BCUT2D eigenvalue weighted by atomic mass is 9.98. The SMILES string of the molecule is C=CCOC(=O)O[C@@H]1[C@@H](OC(=O)OCC=C)[C@H](OC(=O)c2ccccc2)O[C@H](C(=O)OCC=C)[C@H]1OC(=O)OCC=C. The first-order valence-electron chi connectivity index (χ1n) is 12.3. The van der Waals surface area contributed by atoms with Crippen LogP contribution in [-0.4, -0.2) is 87.5 Å². The fourth-order valence-corrected chi connectivity index (χ4v) is 3.27. The van der Waals surface area contributed by atoms with Crippen LogP contribution >= 0.6 is 0 Å². The van der Waals surface area contributed by atoms with Gasteiger partial charge in [0.25, 0.3) is 0 Å². The molecule has 0 unspecified atom stereocenters. The van der Waals surface area contributed by atoms with E-state index in [0.29, 0.717) is 0 Å². The monoisotopic (exact) mass is 590 g/mol. The summed E-state index contributed by atoms with van der Waals surface area (Å²) >= 11 is 0. The van der Waals surface area contributed by atoms with Crippen molar-refractivity contribution in [2.45, 2.75) is 30.7 Å². The third-order valence-electron chi connectivity index (χ3n) is 4.96. The van der Waals surface area contributed by atoms with Crippen LogP contribution in [0.25, 0.3) is 0 Å². The first-order chi connectivity index (χ1) is 20.2. The molecule has 0 saturated carbocycles. The third-order valence-corrected chi connectivity index (χ3v) is 4.96. The van der Waals surface area contributed by atoms with Crippen molar-refractivity contribution in [1.29, 1.82) is 0 Å². The molecule has 1 fully saturated rings. The van der Waals surface area contributed by atoms with Crippen LogP contribution in [0.2, 0.25) is 0 Å². The van der Waals surface area contributed by atoms with E-state index in [-0.39, 0.29) is 32.0 Å². The molecule has 226 valence electrons. The highest BCUT2D eigenvalue weighted by Gasteiger charge is 2.57. The van der Waals surface area contributed by atoms with Crippen LogP contribution in [0.5, 0.6) is 0 Å². The Morgan fingerprint density at radius 3 is 1.57 bits per heavy atom. The van der Waals surface area contributed by atoms with Gasteiger partial charge in [0.05, 0.1) is 5.56 Å². The van der Waals surface area contributed by atoms with Crippen LogP contribution in [0, 0.1) is 0 Å². The summed E-state index contributed by atoms with van der Waals surface area (Å²) in [6, 6.07) is 7.57. The van der Waals surface area contributed by atoms with Gasteiger partial charge in [-0.15, -0.1) is 0 Å². The zero-order chi connectivity index (χ0) is 30.9. The molecule has 1 aromatic rings. The smallest absolute Gasteiger partial charge is 0.459 e. The number of carbonyl (C=O) groups is 5. The maximum atomic E-state index is 13.0. The molecule has 42 heavy (non-hydrogen) atoms. The van der Waals surface area contributed by atoms with Gasteiger partial charge in [-0.3, -0.25) is 0 Å². The molecule has 1 aliphatic rings. The Morgan fingerprint density at radius 1 is 0.619 bits per heavy atom. The molecule has 0 N–H and O–H groups in total. The second kappa shape index (κ2) is 17.6. The Kier molecular flexibility index (Phi) is 13.8. The molecule has 1 heterocycles. The van der Waals surface area contributed by atoms with Crippen molar-refractivity contribution < 1.29 is 66.6 Å². The molecule has 1 saturated heterocycles. The van der Waals surface area contributed by atoms with E-state index in [0.717, 1.165) is 0 Å². The number of rotatable bonds is 14. The Labute approximate surface area is 241 Å². The molecule has 1 aliphatic heterocycles. The van der Waals surface area contributed by atoms with Gasteiger partial charge in [-0.2, -0.15) is 0 Å². The fourth-order valence-electron chi connectivity index (χ4n) is 3.27. The van der Waals surface area contributed by atoms with Crippen molar-refractivity contribution in [1.82, 2.24) is 0 Å². The highest BCUT2D eigenvalue weighted by Crippen LogP contribution is 2.31. The maximum Gasteiger partial charge on any atom is 0.509 e. The van der Waals surface area contributed by atoms with Gasteiger partial charge in [0.2, 0.25) is 12.4 Å². The van der Waals surface area contributed by atoms with Gasteiger partial charge in [0.1, 0.15) is 26.4 Å². The van der Waals surface area contributed by atoms with Crippen molar-refractivity contribution >= 4 is 30.4 Å². The number of hydrogen-bond acceptors (Lipinski definition) is 14. The number of benzene rings is 1. The largest absolute Gasteiger partial charge is 0.509 e. The summed E-state index contributed by atoms with van der Waals surface area (Å²) in [6.45, 7) is 12.5. The molecule has 14 nitrogen and oxygen atoms in total. The molecule has 0 aromatic heterocycles. The van der Waals surface area contributed by atoms with Crippen LogP contribution in [-0.2, 0) is 47.4 Å². The molecule has 0 amide bonds. The number of hydrogen-bond donors (Lipinski definition) is 0. The minimum Gasteiger partial charge on any atom is -0.459 e. The molecule has 5 atom stereocenters. The lowest BCUT2D eigenvalue weighted by Gasteiger charge is -2.42. The van der Waals surface area contributed by atoms with Crippen molar-refractivity contribution in [2.24, 2.45) is 0 Å². The quantitative estimate of drug-likeness (QED) is 0.175. The molecule has 2 rings (SSSR count). The Bertz CT molecular complexity index is 1130. The van der Waals surface area contributed by atoms with Gasteiger partial charge in [-0.25, -0.2) is 24.0 Å². The standard InChI is InChI=1S/C28H30O14/c1-5-14-34-24(30)21-19(39-26(31)35-15-6-2)20(40-27(32)36-16-7-3)22(41-28(33)37-17-8-4)25(38-21)42-23(29)18-12-10-9-11-13-18/h5-13,19-22,25H,1-4,14-17H2/t19-,20-,21-,22+,25-/m0/s1. The molecule has 0 aliphatic carbocycles. The van der Waals surface area contributed by atoms with Crippen LogP contribution in [0.3, 0.4) is 0 Å². The minimum absolute atomic E-state index is 0.0501. The normalized spacial score (nSPS) is 20.8. The van der Waals surface area contributed by atoms with Crippen molar-refractivity contribution in [3.8, 4) is 0 Å². The summed E-state index contributed by atoms with van der Waals surface area (Å²) in [6.07, 6.45) is -8.72. The minimum atomic E-state index is -1.95. The van der Waals surface area contributed by atoms with E-state index in [4.69, 9.17) is 42.6 Å². The summed E-state index contributed by atoms with van der Waals surface area (Å²) in [5.41, 5.74) is 0.0501. The average molecular weight is 591 g/mol. The number of carbonyl (C=O) groups excluding carboxylic acids is 5. The highest BCUT2D eigenvalue weighted by atomic mass is 16.8. The second-order valence-electron chi connectivity index (χ2n) is 7.91. The zero-order valence-corrected chi connectivity index (χ0v) is 22.5. The van der Waals surface area contributed by atoms with E-state index in [2.05, 4.69) is 26.3 Å². The lowest BCUT2D eigenvalue weighted by Crippen LogP contribution is -2.64. The molecule has 0 bridgehead atoms. The first kappa shape index (κ1) is 33.1. The zero-order valence-electron chi connectivity index (χ0n) is 22.5. The average Bonchev–Trinajstić information content (AvgIpc) is 2.99. The number of esters is 2. The molecule has 0 radical (unpaired) electrons. The van der Waals surface area contributed by atoms with Crippen molar-refractivity contribution in [2.75, 3.05) is 26.4 Å².